The Morgan fingerprint density at radius 3 is 2.30 bits per heavy atom. The van der Waals surface area contributed by atoms with Crippen molar-refractivity contribution >= 4 is 0 Å². The Morgan fingerprint density at radius 1 is 1.15 bits per heavy atom. The van der Waals surface area contributed by atoms with Crippen LogP contribution in [0.4, 0.5) is 0 Å². The summed E-state index contributed by atoms with van der Waals surface area (Å²) < 4.78 is 2.40. The molecule has 3 heteroatoms. The molecule has 1 fully saturated rings. The molecule has 1 N–H and O–H groups in total. The highest BCUT2D eigenvalue weighted by Gasteiger charge is 2.24. The van der Waals surface area contributed by atoms with Crippen LogP contribution in [0.5, 0.6) is 0 Å². The van der Waals surface area contributed by atoms with E-state index in [4.69, 9.17) is 5.10 Å². The molecule has 2 rings (SSSR count). The molecule has 0 aromatic carbocycles. The summed E-state index contributed by atoms with van der Waals surface area (Å²) >= 11 is 0. The second kappa shape index (κ2) is 7.26. The van der Waals surface area contributed by atoms with Crippen LogP contribution in [-0.4, -0.2) is 16.8 Å². The van der Waals surface area contributed by atoms with Gasteiger partial charge < -0.3 is 5.32 Å². The molecule has 1 aliphatic rings. The van der Waals surface area contributed by atoms with E-state index in [0.29, 0.717) is 12.1 Å². The van der Waals surface area contributed by atoms with Gasteiger partial charge in [-0.3, -0.25) is 4.68 Å². The van der Waals surface area contributed by atoms with Gasteiger partial charge in [0.1, 0.15) is 0 Å². The van der Waals surface area contributed by atoms with Gasteiger partial charge in [0.05, 0.1) is 11.7 Å². The molecule has 0 radical (unpaired) electrons. The number of aryl methyl sites for hydroxylation is 1. The number of nitrogens with zero attached hydrogens (tertiary/aromatic N) is 2. The fraction of sp³-hybridized carbons (Fsp3) is 0.824. The number of nitrogens with one attached hydrogen (secondary N) is 1. The minimum atomic E-state index is 0.402. The highest BCUT2D eigenvalue weighted by molar-refractivity contribution is 5.30. The van der Waals surface area contributed by atoms with E-state index in [1.165, 1.54) is 55.5 Å². The lowest BCUT2D eigenvalue weighted by atomic mass is 10.0. The molecule has 1 unspecified atom stereocenters. The van der Waals surface area contributed by atoms with Crippen LogP contribution in [-0.2, 0) is 12.8 Å². The van der Waals surface area contributed by atoms with Gasteiger partial charge in [0, 0.05) is 17.3 Å². The SMILES string of the molecule is CCc1nn(C2CCCCCC2)c(CC)c1C(C)NC. The zero-order chi connectivity index (χ0) is 14.5. The summed E-state index contributed by atoms with van der Waals surface area (Å²) in [6.45, 7) is 6.76. The number of aromatic nitrogens is 2. The molecule has 1 atom stereocenters. The van der Waals surface area contributed by atoms with Gasteiger partial charge in [-0.05, 0) is 39.7 Å². The van der Waals surface area contributed by atoms with Crippen molar-refractivity contribution in [2.75, 3.05) is 7.05 Å². The maximum absolute atomic E-state index is 5.01. The molecular formula is C17H31N3. The van der Waals surface area contributed by atoms with Crippen LogP contribution in [0.1, 0.15) is 88.3 Å². The van der Waals surface area contributed by atoms with Gasteiger partial charge in [-0.25, -0.2) is 0 Å². The van der Waals surface area contributed by atoms with E-state index in [2.05, 4.69) is 30.8 Å². The fourth-order valence-corrected chi connectivity index (χ4v) is 3.60. The lowest BCUT2D eigenvalue weighted by molar-refractivity contribution is 0.391. The summed E-state index contributed by atoms with van der Waals surface area (Å²) in [5.74, 6) is 0. The number of hydrogen-bond donors (Lipinski definition) is 1. The Labute approximate surface area is 124 Å². The average molecular weight is 277 g/mol. The van der Waals surface area contributed by atoms with E-state index in [9.17, 15) is 0 Å². The lowest BCUT2D eigenvalue weighted by Gasteiger charge is -2.19. The van der Waals surface area contributed by atoms with Gasteiger partial charge in [0.25, 0.3) is 0 Å². The van der Waals surface area contributed by atoms with Crippen LogP contribution < -0.4 is 5.32 Å². The highest BCUT2D eigenvalue weighted by Crippen LogP contribution is 2.32. The molecule has 3 nitrogen and oxygen atoms in total. The molecule has 0 spiro atoms. The monoisotopic (exact) mass is 277 g/mol. The Morgan fingerprint density at radius 2 is 1.80 bits per heavy atom. The summed E-state index contributed by atoms with van der Waals surface area (Å²) in [5, 5.41) is 8.42. The molecular weight excluding hydrogens is 246 g/mol. The fourth-order valence-electron chi connectivity index (χ4n) is 3.60. The molecule has 1 saturated carbocycles. The maximum atomic E-state index is 5.01. The topological polar surface area (TPSA) is 29.9 Å². The van der Waals surface area contributed by atoms with Crippen molar-refractivity contribution in [3.63, 3.8) is 0 Å². The van der Waals surface area contributed by atoms with Gasteiger partial charge in [-0.15, -0.1) is 0 Å². The zero-order valence-corrected chi connectivity index (χ0v) is 13.7. The zero-order valence-electron chi connectivity index (χ0n) is 13.7. The van der Waals surface area contributed by atoms with E-state index in [0.717, 1.165) is 12.8 Å². The quantitative estimate of drug-likeness (QED) is 0.818. The van der Waals surface area contributed by atoms with Crippen molar-refractivity contribution in [2.24, 2.45) is 0 Å². The summed E-state index contributed by atoms with van der Waals surface area (Å²) in [4.78, 5) is 0. The molecule has 0 aliphatic heterocycles. The molecule has 1 aromatic rings. The van der Waals surface area contributed by atoms with E-state index in [1.54, 1.807) is 0 Å². The molecule has 0 amide bonds. The highest BCUT2D eigenvalue weighted by atomic mass is 15.3. The van der Waals surface area contributed by atoms with Gasteiger partial charge >= 0.3 is 0 Å². The van der Waals surface area contributed by atoms with Crippen molar-refractivity contribution in [3.05, 3.63) is 17.0 Å². The standard InChI is InChI=1S/C17H31N3/c1-5-15-17(13(3)18-4)16(6-2)20(19-15)14-11-9-7-8-10-12-14/h13-14,18H,5-12H2,1-4H3. The summed E-state index contributed by atoms with van der Waals surface area (Å²) in [7, 11) is 2.05. The van der Waals surface area contributed by atoms with Crippen molar-refractivity contribution in [1.29, 1.82) is 0 Å². The summed E-state index contributed by atoms with van der Waals surface area (Å²) in [5.41, 5.74) is 4.23. The lowest BCUT2D eigenvalue weighted by Crippen LogP contribution is -2.17. The third-order valence-corrected chi connectivity index (χ3v) is 4.83. The van der Waals surface area contributed by atoms with Crippen LogP contribution in [0.15, 0.2) is 0 Å². The number of rotatable bonds is 5. The van der Waals surface area contributed by atoms with Gasteiger partial charge in [0.2, 0.25) is 0 Å². The van der Waals surface area contributed by atoms with Crippen molar-refractivity contribution in [3.8, 4) is 0 Å². The van der Waals surface area contributed by atoms with Crippen LogP contribution in [0.2, 0.25) is 0 Å². The first kappa shape index (κ1) is 15.6. The third kappa shape index (κ3) is 3.08. The second-order valence-corrected chi connectivity index (χ2v) is 6.11. The molecule has 114 valence electrons. The Balaban J connectivity index is 2.38. The van der Waals surface area contributed by atoms with Crippen LogP contribution in [0.25, 0.3) is 0 Å². The maximum Gasteiger partial charge on any atom is 0.0672 e. The van der Waals surface area contributed by atoms with E-state index < -0.39 is 0 Å². The van der Waals surface area contributed by atoms with Crippen molar-refractivity contribution in [2.45, 2.75) is 84.2 Å². The normalized spacial score (nSPS) is 19.0. The molecule has 0 bridgehead atoms. The minimum absolute atomic E-state index is 0.402. The first-order valence-corrected chi connectivity index (χ1v) is 8.50. The largest absolute Gasteiger partial charge is 0.313 e. The Kier molecular flexibility index (Phi) is 5.64. The van der Waals surface area contributed by atoms with Crippen LogP contribution >= 0.6 is 0 Å². The van der Waals surface area contributed by atoms with Crippen LogP contribution in [0.3, 0.4) is 0 Å². The predicted molar refractivity (Wildman–Crippen MR) is 85.2 cm³/mol. The van der Waals surface area contributed by atoms with E-state index in [1.807, 2.05) is 7.05 Å². The minimum Gasteiger partial charge on any atom is -0.313 e. The summed E-state index contributed by atoms with van der Waals surface area (Å²) in [6.07, 6.45) is 10.3. The molecule has 1 aromatic heterocycles. The molecule has 1 aliphatic carbocycles. The first-order valence-electron chi connectivity index (χ1n) is 8.50. The Hall–Kier alpha value is -0.830. The molecule has 0 saturated heterocycles. The van der Waals surface area contributed by atoms with Crippen molar-refractivity contribution in [1.82, 2.24) is 15.1 Å². The summed E-state index contributed by atoms with van der Waals surface area (Å²) in [6, 6.07) is 1.04. The second-order valence-electron chi connectivity index (χ2n) is 6.11. The third-order valence-electron chi connectivity index (χ3n) is 4.83. The van der Waals surface area contributed by atoms with E-state index >= 15 is 0 Å². The van der Waals surface area contributed by atoms with E-state index in [-0.39, 0.29) is 0 Å². The Bertz CT molecular complexity index is 414. The van der Waals surface area contributed by atoms with Gasteiger partial charge in [-0.1, -0.05) is 39.5 Å². The van der Waals surface area contributed by atoms with Crippen molar-refractivity contribution < 1.29 is 0 Å². The first-order chi connectivity index (χ1) is 9.72. The van der Waals surface area contributed by atoms with Gasteiger partial charge in [0.15, 0.2) is 0 Å². The predicted octanol–water partition coefficient (Wildman–Crippen LogP) is 4.18. The molecule has 20 heavy (non-hydrogen) atoms. The average Bonchev–Trinajstić information content (AvgIpc) is 2.65. The van der Waals surface area contributed by atoms with Crippen LogP contribution in [0, 0.1) is 0 Å². The van der Waals surface area contributed by atoms with Gasteiger partial charge in [-0.2, -0.15) is 5.10 Å². The smallest absolute Gasteiger partial charge is 0.0672 e. The number of hydrogen-bond acceptors (Lipinski definition) is 2. The molecule has 1 heterocycles.